The molecule has 102 valence electrons. The number of alkyl halides is 1. The zero-order valence-corrected chi connectivity index (χ0v) is 14.7. The summed E-state index contributed by atoms with van der Waals surface area (Å²) in [6.07, 6.45) is -0.213. The molecule has 1 N–H and O–H groups in total. The lowest BCUT2D eigenvalue weighted by Crippen LogP contribution is -2.44. The van der Waals surface area contributed by atoms with Crippen molar-refractivity contribution >= 4 is 30.9 Å². The average Bonchev–Trinajstić information content (AvgIpc) is 2.54. The Bertz CT molecular complexity index is 253. The zero-order valence-electron chi connectivity index (χ0n) is 11.5. The molecule has 1 saturated heterocycles. The predicted molar refractivity (Wildman–Crippen MR) is 81.3 cm³/mol. The fourth-order valence-electron chi connectivity index (χ4n) is 1.62. The summed E-state index contributed by atoms with van der Waals surface area (Å²) < 4.78 is 12.6. The molecule has 0 spiro atoms. The van der Waals surface area contributed by atoms with Crippen LogP contribution >= 0.6 is 22.6 Å². The van der Waals surface area contributed by atoms with Crippen LogP contribution in [0.15, 0.2) is 0 Å². The second kappa shape index (κ2) is 5.86. The van der Waals surface area contributed by atoms with Crippen LogP contribution in [0.5, 0.6) is 0 Å². The van der Waals surface area contributed by atoms with Gasteiger partial charge in [-0.15, -0.1) is 0 Å². The molecule has 1 rings (SSSR count). The summed E-state index contributed by atoms with van der Waals surface area (Å²) in [5.41, 5.74) is 0. The maximum absolute atomic E-state index is 9.90. The van der Waals surface area contributed by atoms with Crippen molar-refractivity contribution in [3.05, 3.63) is 0 Å². The minimum atomic E-state index is -1.71. The SMILES string of the molecule is CC(C)(C)[Si](C)(C)OC[C@H]1[C@@H](O)CO[C@@H]1CI. The smallest absolute Gasteiger partial charge is 0.191 e. The van der Waals surface area contributed by atoms with Gasteiger partial charge in [-0.25, -0.2) is 0 Å². The highest BCUT2D eigenvalue weighted by molar-refractivity contribution is 14.1. The van der Waals surface area contributed by atoms with Crippen LogP contribution in [-0.4, -0.2) is 43.3 Å². The summed E-state index contributed by atoms with van der Waals surface area (Å²) in [4.78, 5) is 0. The highest BCUT2D eigenvalue weighted by Crippen LogP contribution is 2.37. The van der Waals surface area contributed by atoms with E-state index in [0.717, 1.165) is 4.43 Å². The predicted octanol–water partition coefficient (Wildman–Crippen LogP) is 2.82. The maximum atomic E-state index is 9.90. The molecule has 17 heavy (non-hydrogen) atoms. The minimum Gasteiger partial charge on any atom is -0.416 e. The Kier molecular flexibility index (Phi) is 5.47. The van der Waals surface area contributed by atoms with Crippen molar-refractivity contribution in [1.29, 1.82) is 0 Å². The lowest BCUT2D eigenvalue weighted by atomic mass is 10.0. The van der Waals surface area contributed by atoms with Crippen LogP contribution < -0.4 is 0 Å². The van der Waals surface area contributed by atoms with Crippen molar-refractivity contribution in [2.75, 3.05) is 17.6 Å². The Hall–Kier alpha value is 0.827. The number of hydrogen-bond donors (Lipinski definition) is 1. The number of halogens is 1. The molecule has 1 fully saturated rings. The summed E-state index contributed by atoms with van der Waals surface area (Å²) in [5, 5.41) is 10.1. The van der Waals surface area contributed by atoms with Gasteiger partial charge in [0.1, 0.15) is 0 Å². The van der Waals surface area contributed by atoms with Gasteiger partial charge >= 0.3 is 0 Å². The molecule has 0 unspecified atom stereocenters. The molecule has 3 atom stereocenters. The van der Waals surface area contributed by atoms with Gasteiger partial charge in [-0.1, -0.05) is 43.4 Å². The van der Waals surface area contributed by atoms with Crippen LogP contribution in [0.4, 0.5) is 0 Å². The minimum absolute atomic E-state index is 0.140. The third-order valence-corrected chi connectivity index (χ3v) is 9.42. The van der Waals surface area contributed by atoms with Gasteiger partial charge in [0.15, 0.2) is 8.32 Å². The molecule has 5 heteroatoms. The summed E-state index contributed by atoms with van der Waals surface area (Å²) in [6.45, 7) is 12.3. The maximum Gasteiger partial charge on any atom is 0.191 e. The quantitative estimate of drug-likeness (QED) is 0.469. The Morgan fingerprint density at radius 2 is 2.00 bits per heavy atom. The third kappa shape index (κ3) is 3.89. The van der Waals surface area contributed by atoms with Crippen LogP contribution in [-0.2, 0) is 9.16 Å². The molecular formula is C12H25IO3Si. The summed E-state index contributed by atoms with van der Waals surface area (Å²) in [6, 6.07) is 0. The van der Waals surface area contributed by atoms with Gasteiger partial charge in [0, 0.05) is 17.0 Å². The molecule has 0 bridgehead atoms. The van der Waals surface area contributed by atoms with Gasteiger partial charge in [-0.05, 0) is 18.1 Å². The monoisotopic (exact) mass is 372 g/mol. The molecule has 0 aromatic rings. The van der Waals surface area contributed by atoms with Gasteiger partial charge in [0.25, 0.3) is 0 Å². The van der Waals surface area contributed by atoms with E-state index >= 15 is 0 Å². The second-order valence-electron chi connectivity index (χ2n) is 6.33. The van der Waals surface area contributed by atoms with Gasteiger partial charge in [-0.3, -0.25) is 0 Å². The van der Waals surface area contributed by atoms with Crippen LogP contribution in [0.2, 0.25) is 18.1 Å². The normalized spacial score (nSPS) is 30.9. The molecule has 1 aliphatic heterocycles. The van der Waals surface area contributed by atoms with E-state index in [1.54, 1.807) is 0 Å². The van der Waals surface area contributed by atoms with Gasteiger partial charge in [-0.2, -0.15) is 0 Å². The van der Waals surface area contributed by atoms with Crippen molar-refractivity contribution in [1.82, 2.24) is 0 Å². The van der Waals surface area contributed by atoms with Gasteiger partial charge < -0.3 is 14.3 Å². The highest BCUT2D eigenvalue weighted by atomic mass is 127. The van der Waals surface area contributed by atoms with Gasteiger partial charge in [0.05, 0.1) is 18.8 Å². The van der Waals surface area contributed by atoms with E-state index in [1.165, 1.54) is 0 Å². The number of ether oxygens (including phenoxy) is 1. The summed E-state index contributed by atoms with van der Waals surface area (Å²) in [5.74, 6) is 0.140. The summed E-state index contributed by atoms with van der Waals surface area (Å²) >= 11 is 2.31. The molecule has 1 aliphatic rings. The Morgan fingerprint density at radius 1 is 1.41 bits per heavy atom. The topological polar surface area (TPSA) is 38.7 Å². The first-order chi connectivity index (χ1) is 7.69. The van der Waals surface area contributed by atoms with Crippen LogP contribution in [0.25, 0.3) is 0 Å². The van der Waals surface area contributed by atoms with Crippen molar-refractivity contribution < 1.29 is 14.3 Å². The number of rotatable bonds is 4. The van der Waals surface area contributed by atoms with E-state index in [0.29, 0.717) is 13.2 Å². The fourth-order valence-corrected chi connectivity index (χ4v) is 3.57. The first-order valence-electron chi connectivity index (χ1n) is 6.18. The first kappa shape index (κ1) is 15.9. The lowest BCUT2D eigenvalue weighted by molar-refractivity contribution is 0.0921. The Labute approximate surface area is 120 Å². The second-order valence-corrected chi connectivity index (χ2v) is 12.0. The average molecular weight is 372 g/mol. The molecule has 0 aromatic carbocycles. The van der Waals surface area contributed by atoms with E-state index in [1.807, 2.05) is 0 Å². The number of aliphatic hydroxyl groups excluding tert-OH is 1. The van der Waals surface area contributed by atoms with E-state index in [2.05, 4.69) is 56.5 Å². The molecular weight excluding hydrogens is 347 g/mol. The zero-order chi connectivity index (χ0) is 13.3. The molecule has 0 aromatic heterocycles. The van der Waals surface area contributed by atoms with Gasteiger partial charge in [0.2, 0.25) is 0 Å². The summed E-state index contributed by atoms with van der Waals surface area (Å²) in [7, 11) is -1.71. The first-order valence-corrected chi connectivity index (χ1v) is 10.6. The molecule has 1 heterocycles. The van der Waals surface area contributed by atoms with E-state index in [9.17, 15) is 5.11 Å². The van der Waals surface area contributed by atoms with Crippen molar-refractivity contribution in [2.24, 2.45) is 5.92 Å². The van der Waals surface area contributed by atoms with Crippen molar-refractivity contribution in [3.63, 3.8) is 0 Å². The van der Waals surface area contributed by atoms with E-state index in [4.69, 9.17) is 9.16 Å². The molecule has 0 saturated carbocycles. The van der Waals surface area contributed by atoms with E-state index in [-0.39, 0.29) is 23.2 Å². The van der Waals surface area contributed by atoms with Crippen molar-refractivity contribution in [3.8, 4) is 0 Å². The van der Waals surface area contributed by atoms with Crippen molar-refractivity contribution in [2.45, 2.75) is 51.1 Å². The van der Waals surface area contributed by atoms with Crippen LogP contribution in [0.1, 0.15) is 20.8 Å². The lowest BCUT2D eigenvalue weighted by Gasteiger charge is -2.37. The number of hydrogen-bond acceptors (Lipinski definition) is 3. The highest BCUT2D eigenvalue weighted by Gasteiger charge is 2.41. The largest absolute Gasteiger partial charge is 0.416 e. The molecule has 0 amide bonds. The van der Waals surface area contributed by atoms with Crippen LogP contribution in [0, 0.1) is 5.92 Å². The number of aliphatic hydroxyl groups is 1. The van der Waals surface area contributed by atoms with E-state index < -0.39 is 8.32 Å². The molecule has 0 aliphatic carbocycles. The Balaban J connectivity index is 2.55. The fraction of sp³-hybridized carbons (Fsp3) is 1.00. The van der Waals surface area contributed by atoms with Crippen LogP contribution in [0.3, 0.4) is 0 Å². The molecule has 0 radical (unpaired) electrons. The standard InChI is InChI=1S/C12H25IO3Si/c1-12(2,3)17(4,5)16-7-9-10(14)8-15-11(9)6-13/h9-11,14H,6-8H2,1-5H3/t9-,10-,11+/m0/s1. The Morgan fingerprint density at radius 3 is 2.47 bits per heavy atom. The molecule has 3 nitrogen and oxygen atoms in total. The third-order valence-electron chi connectivity index (χ3n) is 4.05.